The fourth-order valence-electron chi connectivity index (χ4n) is 2.94. The van der Waals surface area contributed by atoms with Crippen molar-refractivity contribution < 1.29 is 28.7 Å². The third-order valence-electron chi connectivity index (χ3n) is 4.28. The van der Waals surface area contributed by atoms with Crippen molar-refractivity contribution in [1.82, 2.24) is 10.2 Å². The lowest BCUT2D eigenvalue weighted by atomic mass is 10.1. The number of anilines is 1. The lowest BCUT2D eigenvalue weighted by molar-refractivity contribution is -0.124. The highest BCUT2D eigenvalue weighted by atomic mass is 16.7. The summed E-state index contributed by atoms with van der Waals surface area (Å²) in [6.45, 7) is -0.638. The molecule has 9 nitrogen and oxygen atoms in total. The summed E-state index contributed by atoms with van der Waals surface area (Å²) < 4.78 is 10.4. The van der Waals surface area contributed by atoms with Crippen LogP contribution in [-0.2, 0) is 9.59 Å². The van der Waals surface area contributed by atoms with Gasteiger partial charge in [0.2, 0.25) is 18.6 Å². The van der Waals surface area contributed by atoms with Gasteiger partial charge in [-0.05, 0) is 24.3 Å². The standard InChI is InChI=1S/C19H15N3O6/c23-16(21-11-5-6-14-15(7-11)28-10-27-14)8-20-17(24)9-22-18(25)12-3-1-2-4-13(12)19(22)26/h1-7H,8-10H2,(H,20,24)(H,21,23). The fourth-order valence-corrected chi connectivity index (χ4v) is 2.94. The topological polar surface area (TPSA) is 114 Å². The van der Waals surface area contributed by atoms with E-state index in [4.69, 9.17) is 9.47 Å². The Kier molecular flexibility index (Phi) is 4.40. The minimum atomic E-state index is -0.615. The van der Waals surface area contributed by atoms with Gasteiger partial charge in [0.15, 0.2) is 11.5 Å². The van der Waals surface area contributed by atoms with Gasteiger partial charge < -0.3 is 20.1 Å². The third kappa shape index (κ3) is 3.25. The molecule has 2 heterocycles. The quantitative estimate of drug-likeness (QED) is 0.740. The number of ether oxygens (including phenoxy) is 2. The molecule has 0 aromatic heterocycles. The highest BCUT2D eigenvalue weighted by molar-refractivity contribution is 6.22. The number of rotatable bonds is 5. The molecule has 2 N–H and O–H groups in total. The molecule has 0 unspecified atom stereocenters. The number of carbonyl (C=O) groups excluding carboxylic acids is 4. The predicted octanol–water partition coefficient (Wildman–Crippen LogP) is 0.766. The molecule has 0 bridgehead atoms. The molecule has 142 valence electrons. The molecule has 0 fully saturated rings. The number of hydrogen-bond donors (Lipinski definition) is 2. The van der Waals surface area contributed by atoms with Gasteiger partial charge in [-0.25, -0.2) is 0 Å². The Morgan fingerprint density at radius 3 is 2.32 bits per heavy atom. The molecule has 2 aliphatic heterocycles. The van der Waals surface area contributed by atoms with Gasteiger partial charge in [-0.1, -0.05) is 12.1 Å². The smallest absolute Gasteiger partial charge is 0.262 e. The summed E-state index contributed by atoms with van der Waals surface area (Å²) in [5, 5.41) is 5.01. The lowest BCUT2D eigenvalue weighted by Gasteiger charge is -2.13. The maximum atomic E-state index is 12.2. The van der Waals surface area contributed by atoms with E-state index in [1.165, 1.54) is 12.1 Å². The maximum Gasteiger partial charge on any atom is 0.262 e. The van der Waals surface area contributed by atoms with Crippen molar-refractivity contribution in [3.63, 3.8) is 0 Å². The second-order valence-electron chi connectivity index (χ2n) is 6.13. The van der Waals surface area contributed by atoms with Crippen LogP contribution < -0.4 is 20.1 Å². The summed E-state index contributed by atoms with van der Waals surface area (Å²) in [5.74, 6) is -1.02. The Morgan fingerprint density at radius 2 is 1.61 bits per heavy atom. The second kappa shape index (κ2) is 7.03. The first kappa shape index (κ1) is 17.5. The SMILES string of the molecule is O=C(CN1C(=O)c2ccccc2C1=O)NCC(=O)Nc1ccc2c(c1)OCO2. The average Bonchev–Trinajstić information content (AvgIpc) is 3.25. The number of amides is 4. The van der Waals surface area contributed by atoms with Gasteiger partial charge in [0.05, 0.1) is 17.7 Å². The van der Waals surface area contributed by atoms with Gasteiger partial charge in [0.1, 0.15) is 6.54 Å². The molecule has 0 radical (unpaired) electrons. The van der Waals surface area contributed by atoms with E-state index in [0.29, 0.717) is 17.2 Å². The predicted molar refractivity (Wildman–Crippen MR) is 96.0 cm³/mol. The van der Waals surface area contributed by atoms with Gasteiger partial charge in [-0.2, -0.15) is 0 Å². The summed E-state index contributed by atoms with van der Waals surface area (Å²) in [4.78, 5) is 49.4. The van der Waals surface area contributed by atoms with E-state index in [9.17, 15) is 19.2 Å². The van der Waals surface area contributed by atoms with E-state index in [-0.39, 0.29) is 24.5 Å². The molecule has 0 aliphatic carbocycles. The number of benzene rings is 2. The highest BCUT2D eigenvalue weighted by Gasteiger charge is 2.36. The van der Waals surface area contributed by atoms with Crippen molar-refractivity contribution in [3.8, 4) is 11.5 Å². The molecule has 2 aromatic rings. The highest BCUT2D eigenvalue weighted by Crippen LogP contribution is 2.34. The van der Waals surface area contributed by atoms with E-state index in [1.807, 2.05) is 0 Å². The van der Waals surface area contributed by atoms with E-state index < -0.39 is 30.2 Å². The van der Waals surface area contributed by atoms with Gasteiger partial charge in [0.25, 0.3) is 11.8 Å². The third-order valence-corrected chi connectivity index (χ3v) is 4.28. The minimum absolute atomic E-state index is 0.126. The summed E-state index contributed by atoms with van der Waals surface area (Å²) in [7, 11) is 0. The van der Waals surface area contributed by atoms with Crippen molar-refractivity contribution in [3.05, 3.63) is 53.6 Å². The van der Waals surface area contributed by atoms with E-state index >= 15 is 0 Å². The van der Waals surface area contributed by atoms with Crippen LogP contribution in [0.2, 0.25) is 0 Å². The number of carbonyl (C=O) groups is 4. The van der Waals surface area contributed by atoms with Crippen LogP contribution in [0.1, 0.15) is 20.7 Å². The minimum Gasteiger partial charge on any atom is -0.454 e. The van der Waals surface area contributed by atoms with Crippen LogP contribution in [0.5, 0.6) is 11.5 Å². The summed E-state index contributed by atoms with van der Waals surface area (Å²) >= 11 is 0. The van der Waals surface area contributed by atoms with Crippen LogP contribution in [0.4, 0.5) is 5.69 Å². The first-order valence-corrected chi connectivity index (χ1v) is 8.44. The van der Waals surface area contributed by atoms with Crippen molar-refractivity contribution in [1.29, 1.82) is 0 Å². The molecule has 28 heavy (non-hydrogen) atoms. The van der Waals surface area contributed by atoms with Crippen LogP contribution in [-0.4, -0.2) is 48.4 Å². The molecule has 2 aliphatic rings. The van der Waals surface area contributed by atoms with Crippen molar-refractivity contribution >= 4 is 29.3 Å². The summed E-state index contributed by atoms with van der Waals surface area (Å²) in [5.41, 5.74) is 1.02. The molecule has 0 spiro atoms. The summed E-state index contributed by atoms with van der Waals surface area (Å²) in [6.07, 6.45) is 0. The van der Waals surface area contributed by atoms with Gasteiger partial charge in [0, 0.05) is 11.8 Å². The summed E-state index contributed by atoms with van der Waals surface area (Å²) in [6, 6.07) is 11.3. The van der Waals surface area contributed by atoms with Gasteiger partial charge >= 0.3 is 0 Å². The van der Waals surface area contributed by atoms with Crippen LogP contribution in [0.15, 0.2) is 42.5 Å². The molecule has 0 saturated carbocycles. The lowest BCUT2D eigenvalue weighted by Crippen LogP contribution is -2.42. The molecule has 4 amide bonds. The number of fused-ring (bicyclic) bond motifs is 2. The van der Waals surface area contributed by atoms with Crippen molar-refractivity contribution in [2.75, 3.05) is 25.2 Å². The fraction of sp³-hybridized carbons (Fsp3) is 0.158. The Morgan fingerprint density at radius 1 is 0.929 bits per heavy atom. The zero-order chi connectivity index (χ0) is 19.7. The number of nitrogens with one attached hydrogen (secondary N) is 2. The number of nitrogens with zero attached hydrogens (tertiary/aromatic N) is 1. The van der Waals surface area contributed by atoms with Crippen LogP contribution >= 0.6 is 0 Å². The molecule has 2 aromatic carbocycles. The van der Waals surface area contributed by atoms with Crippen molar-refractivity contribution in [2.24, 2.45) is 0 Å². The maximum absolute atomic E-state index is 12.2. The Hall–Kier alpha value is -3.88. The molecule has 9 heteroatoms. The van der Waals surface area contributed by atoms with E-state index in [2.05, 4.69) is 10.6 Å². The second-order valence-corrected chi connectivity index (χ2v) is 6.13. The Labute approximate surface area is 159 Å². The molecular formula is C19H15N3O6. The average molecular weight is 381 g/mol. The van der Waals surface area contributed by atoms with Gasteiger partial charge in [-0.15, -0.1) is 0 Å². The molecule has 0 atom stereocenters. The molecule has 4 rings (SSSR count). The molecular weight excluding hydrogens is 366 g/mol. The van der Waals surface area contributed by atoms with E-state index in [0.717, 1.165) is 4.90 Å². The normalized spacial score (nSPS) is 14.1. The zero-order valence-electron chi connectivity index (χ0n) is 14.6. The number of hydrogen-bond acceptors (Lipinski definition) is 6. The largest absolute Gasteiger partial charge is 0.454 e. The van der Waals surface area contributed by atoms with Crippen molar-refractivity contribution in [2.45, 2.75) is 0 Å². The first-order chi connectivity index (χ1) is 13.5. The zero-order valence-corrected chi connectivity index (χ0v) is 14.6. The van der Waals surface area contributed by atoms with Crippen LogP contribution in [0.3, 0.4) is 0 Å². The first-order valence-electron chi connectivity index (χ1n) is 8.44. The van der Waals surface area contributed by atoms with Crippen LogP contribution in [0, 0.1) is 0 Å². The number of imide groups is 1. The molecule has 0 saturated heterocycles. The van der Waals surface area contributed by atoms with E-state index in [1.54, 1.807) is 30.3 Å². The Bertz CT molecular complexity index is 968. The van der Waals surface area contributed by atoms with Gasteiger partial charge in [-0.3, -0.25) is 24.1 Å². The Balaban J connectivity index is 1.30. The monoisotopic (exact) mass is 381 g/mol. The van der Waals surface area contributed by atoms with Crippen LogP contribution in [0.25, 0.3) is 0 Å².